The van der Waals surface area contributed by atoms with Crippen molar-refractivity contribution in [3.8, 4) is 28.6 Å². The van der Waals surface area contributed by atoms with Crippen LogP contribution in [0.15, 0.2) is 47.0 Å². The monoisotopic (exact) mass is 354 g/mol. The van der Waals surface area contributed by atoms with Gasteiger partial charge in [-0.3, -0.25) is 0 Å². The van der Waals surface area contributed by atoms with Gasteiger partial charge in [0.2, 0.25) is 5.82 Å². The summed E-state index contributed by atoms with van der Waals surface area (Å²) in [5.41, 5.74) is 3.11. The van der Waals surface area contributed by atoms with Crippen LogP contribution >= 0.6 is 11.6 Å². The Morgan fingerprint density at radius 1 is 1.08 bits per heavy atom. The zero-order chi connectivity index (χ0) is 17.4. The van der Waals surface area contributed by atoms with Gasteiger partial charge in [0.05, 0.1) is 11.1 Å². The van der Waals surface area contributed by atoms with Crippen molar-refractivity contribution in [1.82, 2.24) is 10.1 Å². The second kappa shape index (κ2) is 6.52. The maximum atomic E-state index is 6.29. The third kappa shape index (κ3) is 3.54. The van der Waals surface area contributed by atoms with Crippen LogP contribution in [0.5, 0.6) is 5.75 Å². The zero-order valence-corrected chi connectivity index (χ0v) is 15.0. The maximum Gasteiger partial charge on any atom is 0.258 e. The van der Waals surface area contributed by atoms with Crippen LogP contribution in [0.4, 0.5) is 0 Å². The molecule has 4 nitrogen and oxygen atoms in total. The van der Waals surface area contributed by atoms with Crippen molar-refractivity contribution >= 4 is 11.6 Å². The highest BCUT2D eigenvalue weighted by molar-refractivity contribution is 6.32. The van der Waals surface area contributed by atoms with E-state index in [1.807, 2.05) is 38.1 Å². The Bertz CT molecular complexity index is 883. The van der Waals surface area contributed by atoms with Gasteiger partial charge in [-0.2, -0.15) is 4.98 Å². The number of ether oxygens (including phenoxy) is 1. The molecule has 25 heavy (non-hydrogen) atoms. The summed E-state index contributed by atoms with van der Waals surface area (Å²) < 4.78 is 11.1. The lowest BCUT2D eigenvalue weighted by molar-refractivity contribution is 0.242. The first kappa shape index (κ1) is 16.2. The predicted octanol–water partition coefficient (Wildman–Crippen LogP) is 5.72. The number of rotatable bonds is 5. The molecule has 1 fully saturated rings. The second-order valence-electron chi connectivity index (χ2n) is 6.63. The van der Waals surface area contributed by atoms with E-state index in [-0.39, 0.29) is 6.10 Å². The standard InChI is InChI=1S/C20H19ClN2O2/c1-12(2)24-18-10-9-16(11-17(18)21)19-22-20(25-23-19)15-7-5-14(6-8-15)13-3-4-13/h5-13H,3-4H2,1-2H3. The van der Waals surface area contributed by atoms with Crippen LogP contribution in [0.25, 0.3) is 22.8 Å². The lowest BCUT2D eigenvalue weighted by Gasteiger charge is -2.11. The number of benzene rings is 2. The van der Waals surface area contributed by atoms with Crippen molar-refractivity contribution in [2.24, 2.45) is 0 Å². The summed E-state index contributed by atoms with van der Waals surface area (Å²) in [6.45, 7) is 3.93. The van der Waals surface area contributed by atoms with Gasteiger partial charge in [0.15, 0.2) is 0 Å². The van der Waals surface area contributed by atoms with Crippen LogP contribution in [0.1, 0.15) is 38.2 Å². The Hall–Kier alpha value is -2.33. The molecule has 1 aliphatic rings. The highest BCUT2D eigenvalue weighted by Gasteiger charge is 2.23. The molecule has 0 amide bonds. The molecule has 0 bridgehead atoms. The molecule has 0 aliphatic heterocycles. The summed E-state index contributed by atoms with van der Waals surface area (Å²) in [7, 11) is 0. The third-order valence-corrected chi connectivity index (χ3v) is 4.48. The van der Waals surface area contributed by atoms with Crippen molar-refractivity contribution in [2.75, 3.05) is 0 Å². The molecule has 1 aliphatic carbocycles. The van der Waals surface area contributed by atoms with Crippen LogP contribution in [-0.4, -0.2) is 16.2 Å². The van der Waals surface area contributed by atoms with Crippen molar-refractivity contribution < 1.29 is 9.26 Å². The fraction of sp³-hybridized carbons (Fsp3) is 0.300. The zero-order valence-electron chi connectivity index (χ0n) is 14.2. The Morgan fingerprint density at radius 3 is 2.44 bits per heavy atom. The molecular formula is C20H19ClN2O2. The summed E-state index contributed by atoms with van der Waals surface area (Å²) >= 11 is 6.29. The van der Waals surface area contributed by atoms with Gasteiger partial charge in [0, 0.05) is 11.1 Å². The first-order chi connectivity index (χ1) is 12.1. The molecule has 0 saturated heterocycles. The average molecular weight is 355 g/mol. The fourth-order valence-electron chi connectivity index (χ4n) is 2.76. The highest BCUT2D eigenvalue weighted by atomic mass is 35.5. The minimum absolute atomic E-state index is 0.0683. The first-order valence-electron chi connectivity index (χ1n) is 8.51. The normalized spacial score (nSPS) is 14.1. The molecule has 3 aromatic rings. The Labute approximate surface area is 151 Å². The molecule has 0 N–H and O–H groups in total. The van der Waals surface area contributed by atoms with Gasteiger partial charge in [-0.05, 0) is 68.5 Å². The van der Waals surface area contributed by atoms with E-state index in [9.17, 15) is 0 Å². The van der Waals surface area contributed by atoms with Gasteiger partial charge in [0.1, 0.15) is 5.75 Å². The Kier molecular flexibility index (Phi) is 4.22. The minimum atomic E-state index is 0.0683. The minimum Gasteiger partial charge on any atom is -0.489 e. The van der Waals surface area contributed by atoms with E-state index in [0.29, 0.717) is 22.5 Å². The second-order valence-corrected chi connectivity index (χ2v) is 7.04. The van der Waals surface area contributed by atoms with Gasteiger partial charge in [-0.15, -0.1) is 0 Å². The molecule has 128 valence electrons. The number of hydrogen-bond donors (Lipinski definition) is 0. The molecule has 1 heterocycles. The van der Waals surface area contributed by atoms with Gasteiger partial charge in [-0.1, -0.05) is 28.9 Å². The molecule has 1 saturated carbocycles. The summed E-state index contributed by atoms with van der Waals surface area (Å²) in [6, 6.07) is 13.9. The van der Waals surface area contributed by atoms with Crippen LogP contribution in [0.3, 0.4) is 0 Å². The van der Waals surface area contributed by atoms with Gasteiger partial charge in [0.25, 0.3) is 5.89 Å². The number of nitrogens with zero attached hydrogens (tertiary/aromatic N) is 2. The lowest BCUT2D eigenvalue weighted by Crippen LogP contribution is -2.05. The lowest BCUT2D eigenvalue weighted by atomic mass is 10.1. The average Bonchev–Trinajstić information content (AvgIpc) is 3.33. The maximum absolute atomic E-state index is 6.29. The number of aromatic nitrogens is 2. The quantitative estimate of drug-likeness (QED) is 0.587. The van der Waals surface area contributed by atoms with E-state index in [0.717, 1.165) is 17.0 Å². The van der Waals surface area contributed by atoms with E-state index < -0.39 is 0 Å². The topological polar surface area (TPSA) is 48.2 Å². The smallest absolute Gasteiger partial charge is 0.258 e. The predicted molar refractivity (Wildman–Crippen MR) is 97.9 cm³/mol. The molecule has 0 radical (unpaired) electrons. The van der Waals surface area contributed by atoms with E-state index in [4.69, 9.17) is 20.9 Å². The van der Waals surface area contributed by atoms with Crippen molar-refractivity contribution in [3.63, 3.8) is 0 Å². The molecule has 5 heteroatoms. The summed E-state index contributed by atoms with van der Waals surface area (Å²) in [6.07, 6.45) is 2.65. The molecular weight excluding hydrogens is 336 g/mol. The summed E-state index contributed by atoms with van der Waals surface area (Å²) in [5, 5.41) is 4.61. The van der Waals surface area contributed by atoms with E-state index >= 15 is 0 Å². The van der Waals surface area contributed by atoms with E-state index in [1.54, 1.807) is 6.07 Å². The van der Waals surface area contributed by atoms with Gasteiger partial charge >= 0.3 is 0 Å². The first-order valence-corrected chi connectivity index (χ1v) is 8.88. The van der Waals surface area contributed by atoms with E-state index in [2.05, 4.69) is 22.3 Å². The molecule has 0 unspecified atom stereocenters. The fourth-order valence-corrected chi connectivity index (χ4v) is 2.99. The van der Waals surface area contributed by atoms with E-state index in [1.165, 1.54) is 18.4 Å². The van der Waals surface area contributed by atoms with Crippen molar-refractivity contribution in [3.05, 3.63) is 53.1 Å². The molecule has 0 spiro atoms. The van der Waals surface area contributed by atoms with Gasteiger partial charge in [-0.25, -0.2) is 0 Å². The van der Waals surface area contributed by atoms with Gasteiger partial charge < -0.3 is 9.26 Å². The third-order valence-electron chi connectivity index (χ3n) is 4.19. The molecule has 2 aromatic carbocycles. The summed E-state index contributed by atoms with van der Waals surface area (Å²) in [4.78, 5) is 4.50. The van der Waals surface area contributed by atoms with Crippen LogP contribution in [0, 0.1) is 0 Å². The SMILES string of the molecule is CC(C)Oc1ccc(-c2noc(-c3ccc(C4CC4)cc3)n2)cc1Cl. The van der Waals surface area contributed by atoms with Crippen LogP contribution in [0.2, 0.25) is 5.02 Å². The number of hydrogen-bond acceptors (Lipinski definition) is 4. The van der Waals surface area contributed by atoms with Crippen LogP contribution in [-0.2, 0) is 0 Å². The Balaban J connectivity index is 1.57. The van der Waals surface area contributed by atoms with Crippen molar-refractivity contribution in [2.45, 2.75) is 38.7 Å². The number of halogens is 1. The molecule has 1 aromatic heterocycles. The summed E-state index contributed by atoms with van der Waals surface area (Å²) in [5.74, 6) is 2.41. The van der Waals surface area contributed by atoms with Crippen LogP contribution < -0.4 is 4.74 Å². The molecule has 0 atom stereocenters. The Morgan fingerprint density at radius 2 is 1.80 bits per heavy atom. The highest BCUT2D eigenvalue weighted by Crippen LogP contribution is 2.40. The van der Waals surface area contributed by atoms with Crippen molar-refractivity contribution in [1.29, 1.82) is 0 Å². The largest absolute Gasteiger partial charge is 0.489 e. The molecule has 4 rings (SSSR count).